The molecule has 0 aliphatic heterocycles. The summed E-state index contributed by atoms with van der Waals surface area (Å²) in [6.45, 7) is 5.96. The van der Waals surface area contributed by atoms with E-state index in [0.717, 1.165) is 25.1 Å². The van der Waals surface area contributed by atoms with E-state index in [1.165, 1.54) is 12.8 Å². The van der Waals surface area contributed by atoms with Crippen molar-refractivity contribution >= 4 is 0 Å². The minimum absolute atomic E-state index is 0.713. The van der Waals surface area contributed by atoms with Crippen molar-refractivity contribution in [2.45, 2.75) is 44.8 Å². The van der Waals surface area contributed by atoms with E-state index >= 15 is 0 Å². The first-order valence-corrected chi connectivity index (χ1v) is 6.65. The van der Waals surface area contributed by atoms with Gasteiger partial charge in [0.05, 0.1) is 5.60 Å². The van der Waals surface area contributed by atoms with Crippen LogP contribution < -0.4 is 0 Å². The fourth-order valence-corrected chi connectivity index (χ4v) is 2.40. The summed E-state index contributed by atoms with van der Waals surface area (Å²) in [6.07, 6.45) is 3.75. The fourth-order valence-electron chi connectivity index (χ4n) is 2.40. The van der Waals surface area contributed by atoms with Crippen LogP contribution in [-0.4, -0.2) is 29.1 Å². The Labute approximate surface area is 104 Å². The lowest BCUT2D eigenvalue weighted by Gasteiger charge is -2.32. The van der Waals surface area contributed by atoms with Crippen molar-refractivity contribution in [3.05, 3.63) is 35.9 Å². The van der Waals surface area contributed by atoms with Gasteiger partial charge in [-0.15, -0.1) is 0 Å². The highest BCUT2D eigenvalue weighted by atomic mass is 16.3. The lowest BCUT2D eigenvalue weighted by molar-refractivity contribution is 0.0131. The molecule has 94 valence electrons. The van der Waals surface area contributed by atoms with Crippen LogP contribution in [0.1, 0.15) is 38.7 Å². The second-order valence-electron chi connectivity index (χ2n) is 5.34. The monoisotopic (exact) mass is 233 g/mol. The van der Waals surface area contributed by atoms with Crippen LogP contribution in [0.25, 0.3) is 0 Å². The Bertz CT molecular complexity index is 343. The van der Waals surface area contributed by atoms with Gasteiger partial charge in [-0.1, -0.05) is 37.3 Å². The van der Waals surface area contributed by atoms with Crippen molar-refractivity contribution in [1.82, 2.24) is 4.90 Å². The number of hydrogen-bond donors (Lipinski definition) is 1. The van der Waals surface area contributed by atoms with Crippen LogP contribution in [0.5, 0.6) is 0 Å². The first-order chi connectivity index (χ1) is 8.13. The Balaban J connectivity index is 2.04. The Morgan fingerprint density at radius 1 is 1.29 bits per heavy atom. The van der Waals surface area contributed by atoms with Crippen molar-refractivity contribution in [2.24, 2.45) is 0 Å². The van der Waals surface area contributed by atoms with Gasteiger partial charge in [0.1, 0.15) is 0 Å². The predicted octanol–water partition coefficient (Wildman–Crippen LogP) is 2.77. The van der Waals surface area contributed by atoms with Gasteiger partial charge in [0.25, 0.3) is 0 Å². The Morgan fingerprint density at radius 3 is 2.47 bits per heavy atom. The summed E-state index contributed by atoms with van der Waals surface area (Å²) >= 11 is 0. The zero-order valence-electron chi connectivity index (χ0n) is 10.9. The fraction of sp³-hybridized carbons (Fsp3) is 0.600. The van der Waals surface area contributed by atoms with Crippen LogP contribution >= 0.6 is 0 Å². The molecule has 1 aliphatic rings. The van der Waals surface area contributed by atoms with Crippen LogP contribution in [0, 0.1) is 0 Å². The molecule has 1 aliphatic carbocycles. The van der Waals surface area contributed by atoms with E-state index in [1.54, 1.807) is 0 Å². The number of nitrogens with zero attached hydrogens (tertiary/aromatic N) is 1. The first kappa shape index (κ1) is 12.6. The molecule has 1 aromatic carbocycles. The van der Waals surface area contributed by atoms with Crippen molar-refractivity contribution in [2.75, 3.05) is 13.1 Å². The number of hydrogen-bond acceptors (Lipinski definition) is 2. The molecule has 2 rings (SSSR count). The molecule has 2 heteroatoms. The van der Waals surface area contributed by atoms with Gasteiger partial charge in [0.15, 0.2) is 0 Å². The maximum absolute atomic E-state index is 10.6. The molecule has 0 saturated heterocycles. The maximum Gasteiger partial charge on any atom is 0.0994 e. The third-order valence-corrected chi connectivity index (χ3v) is 3.48. The molecule has 1 aromatic rings. The van der Waals surface area contributed by atoms with E-state index in [-0.39, 0.29) is 0 Å². The SMILES string of the molecule is CCCN(CC(C)(O)c1ccccc1)C1CC1. The summed E-state index contributed by atoms with van der Waals surface area (Å²) in [5, 5.41) is 10.6. The highest BCUT2D eigenvalue weighted by Gasteiger charge is 2.34. The lowest BCUT2D eigenvalue weighted by Crippen LogP contribution is -2.40. The molecule has 1 atom stereocenters. The summed E-state index contributed by atoms with van der Waals surface area (Å²) in [4.78, 5) is 2.44. The summed E-state index contributed by atoms with van der Waals surface area (Å²) < 4.78 is 0. The van der Waals surface area contributed by atoms with Gasteiger partial charge in [0, 0.05) is 12.6 Å². The highest BCUT2D eigenvalue weighted by molar-refractivity contribution is 5.22. The predicted molar refractivity (Wildman–Crippen MR) is 70.9 cm³/mol. The van der Waals surface area contributed by atoms with E-state index < -0.39 is 5.60 Å². The maximum atomic E-state index is 10.6. The molecular formula is C15H23NO. The Morgan fingerprint density at radius 2 is 1.94 bits per heavy atom. The second kappa shape index (κ2) is 5.19. The number of aliphatic hydroxyl groups is 1. The van der Waals surface area contributed by atoms with E-state index in [0.29, 0.717) is 6.04 Å². The second-order valence-corrected chi connectivity index (χ2v) is 5.34. The molecule has 0 amide bonds. The Kier molecular flexibility index (Phi) is 3.85. The summed E-state index contributed by atoms with van der Waals surface area (Å²) in [7, 11) is 0. The van der Waals surface area contributed by atoms with Crippen LogP contribution in [0.15, 0.2) is 30.3 Å². The molecule has 0 bridgehead atoms. The molecule has 0 spiro atoms. The number of rotatable bonds is 6. The van der Waals surface area contributed by atoms with E-state index in [9.17, 15) is 5.11 Å². The smallest absolute Gasteiger partial charge is 0.0994 e. The van der Waals surface area contributed by atoms with Gasteiger partial charge in [-0.05, 0) is 38.3 Å². The van der Waals surface area contributed by atoms with Crippen molar-refractivity contribution in [1.29, 1.82) is 0 Å². The van der Waals surface area contributed by atoms with Gasteiger partial charge >= 0.3 is 0 Å². The van der Waals surface area contributed by atoms with E-state index in [1.807, 2.05) is 37.3 Å². The van der Waals surface area contributed by atoms with Crippen molar-refractivity contribution in [3.8, 4) is 0 Å². The molecule has 1 unspecified atom stereocenters. The molecule has 1 N–H and O–H groups in total. The normalized spacial score (nSPS) is 19.3. The molecule has 2 nitrogen and oxygen atoms in total. The summed E-state index contributed by atoms with van der Waals surface area (Å²) in [5.41, 5.74) is 0.278. The summed E-state index contributed by atoms with van der Waals surface area (Å²) in [5.74, 6) is 0. The molecule has 0 radical (unpaired) electrons. The van der Waals surface area contributed by atoms with E-state index in [4.69, 9.17) is 0 Å². The van der Waals surface area contributed by atoms with Crippen LogP contribution in [0.2, 0.25) is 0 Å². The third kappa shape index (κ3) is 3.30. The minimum atomic E-state index is -0.737. The zero-order valence-corrected chi connectivity index (χ0v) is 10.9. The summed E-state index contributed by atoms with van der Waals surface area (Å²) in [6, 6.07) is 10.7. The molecular weight excluding hydrogens is 210 g/mol. The average Bonchev–Trinajstić information content (AvgIpc) is 3.13. The van der Waals surface area contributed by atoms with Gasteiger partial charge in [-0.3, -0.25) is 4.90 Å². The molecule has 0 aromatic heterocycles. The van der Waals surface area contributed by atoms with Gasteiger partial charge in [-0.2, -0.15) is 0 Å². The van der Waals surface area contributed by atoms with Gasteiger partial charge in [-0.25, -0.2) is 0 Å². The first-order valence-electron chi connectivity index (χ1n) is 6.65. The Hall–Kier alpha value is -0.860. The molecule has 1 fully saturated rings. The van der Waals surface area contributed by atoms with Crippen molar-refractivity contribution in [3.63, 3.8) is 0 Å². The van der Waals surface area contributed by atoms with Crippen LogP contribution in [0.3, 0.4) is 0 Å². The lowest BCUT2D eigenvalue weighted by atomic mass is 9.95. The molecule has 17 heavy (non-hydrogen) atoms. The largest absolute Gasteiger partial charge is 0.384 e. The minimum Gasteiger partial charge on any atom is -0.384 e. The quantitative estimate of drug-likeness (QED) is 0.816. The third-order valence-electron chi connectivity index (χ3n) is 3.48. The van der Waals surface area contributed by atoms with Crippen LogP contribution in [0.4, 0.5) is 0 Å². The zero-order chi connectivity index (χ0) is 12.3. The van der Waals surface area contributed by atoms with Gasteiger partial charge in [0.2, 0.25) is 0 Å². The average molecular weight is 233 g/mol. The van der Waals surface area contributed by atoms with Crippen LogP contribution in [-0.2, 0) is 5.60 Å². The molecule has 1 saturated carbocycles. The molecule has 0 heterocycles. The number of benzene rings is 1. The standard InChI is InChI=1S/C15H23NO/c1-3-11-16(14-9-10-14)12-15(2,17)13-7-5-4-6-8-13/h4-8,14,17H,3,9-12H2,1-2H3. The van der Waals surface area contributed by atoms with Crippen molar-refractivity contribution < 1.29 is 5.11 Å². The highest BCUT2D eigenvalue weighted by Crippen LogP contribution is 2.31. The van der Waals surface area contributed by atoms with Gasteiger partial charge < -0.3 is 5.11 Å². The topological polar surface area (TPSA) is 23.5 Å². The van der Waals surface area contributed by atoms with E-state index in [2.05, 4.69) is 11.8 Å².